The highest BCUT2D eigenvalue weighted by Crippen LogP contribution is 2.28. The maximum atomic E-state index is 5.90. The largest absolute Gasteiger partial charge is 0.459 e. The molecule has 3 nitrogen and oxygen atoms in total. The highest BCUT2D eigenvalue weighted by atomic mass is 79.9. The lowest BCUT2D eigenvalue weighted by Gasteiger charge is -2.22. The number of hydrogen-bond acceptors (Lipinski definition) is 3. The maximum absolute atomic E-state index is 5.90. The number of fused-ring (bicyclic) bond motifs is 1. The third-order valence-corrected chi connectivity index (χ3v) is 3.78. The molecule has 98 valence electrons. The van der Waals surface area contributed by atoms with E-state index in [0.717, 1.165) is 34.3 Å². The summed E-state index contributed by atoms with van der Waals surface area (Å²) in [5.74, 6) is 1.02. The summed E-state index contributed by atoms with van der Waals surface area (Å²) in [4.78, 5) is 2.28. The Morgan fingerprint density at radius 1 is 1.39 bits per heavy atom. The van der Waals surface area contributed by atoms with Crippen LogP contribution in [0.2, 0.25) is 0 Å². The molecule has 0 saturated heterocycles. The number of furan rings is 1. The smallest absolute Gasteiger partial charge is 0.134 e. The molecule has 1 aromatic carbocycles. The number of benzene rings is 1. The topological polar surface area (TPSA) is 28.4 Å². The summed E-state index contributed by atoms with van der Waals surface area (Å²) in [7, 11) is 4.09. The van der Waals surface area contributed by atoms with Crippen molar-refractivity contribution in [1.82, 2.24) is 10.2 Å². The van der Waals surface area contributed by atoms with Gasteiger partial charge in [0.25, 0.3) is 0 Å². The first-order valence-corrected chi connectivity index (χ1v) is 6.95. The van der Waals surface area contributed by atoms with E-state index in [0.29, 0.717) is 0 Å². The van der Waals surface area contributed by atoms with Crippen LogP contribution < -0.4 is 5.32 Å². The van der Waals surface area contributed by atoms with E-state index in [2.05, 4.69) is 52.3 Å². The van der Waals surface area contributed by atoms with Crippen molar-refractivity contribution in [3.05, 3.63) is 34.5 Å². The van der Waals surface area contributed by atoms with Crippen LogP contribution in [-0.2, 0) is 0 Å². The molecule has 18 heavy (non-hydrogen) atoms. The summed E-state index contributed by atoms with van der Waals surface area (Å²) >= 11 is 3.48. The molecular weight excluding hydrogens is 292 g/mol. The van der Waals surface area contributed by atoms with Crippen LogP contribution in [0.3, 0.4) is 0 Å². The van der Waals surface area contributed by atoms with Crippen molar-refractivity contribution >= 4 is 26.9 Å². The van der Waals surface area contributed by atoms with Gasteiger partial charge in [0, 0.05) is 22.9 Å². The molecule has 1 unspecified atom stereocenters. The Labute approximate surface area is 116 Å². The van der Waals surface area contributed by atoms with Gasteiger partial charge in [-0.1, -0.05) is 15.9 Å². The summed E-state index contributed by atoms with van der Waals surface area (Å²) < 4.78 is 6.98. The molecule has 0 aliphatic rings. The van der Waals surface area contributed by atoms with Gasteiger partial charge in [-0.05, 0) is 45.3 Å². The van der Waals surface area contributed by atoms with Crippen LogP contribution in [0.25, 0.3) is 11.0 Å². The fraction of sp³-hybridized carbons (Fsp3) is 0.429. The van der Waals surface area contributed by atoms with Crippen molar-refractivity contribution in [1.29, 1.82) is 0 Å². The van der Waals surface area contributed by atoms with Gasteiger partial charge in [0.05, 0.1) is 6.04 Å². The SMILES string of the molecule is CNCCN(C)C(C)c1cc2cc(Br)ccc2o1. The molecule has 1 atom stereocenters. The molecular formula is C14H19BrN2O. The lowest BCUT2D eigenvalue weighted by atomic mass is 10.2. The molecule has 2 rings (SSSR count). The molecule has 0 saturated carbocycles. The zero-order valence-corrected chi connectivity index (χ0v) is 12.6. The molecule has 1 N–H and O–H groups in total. The van der Waals surface area contributed by atoms with E-state index in [1.807, 2.05) is 19.2 Å². The minimum Gasteiger partial charge on any atom is -0.459 e. The molecule has 0 radical (unpaired) electrons. The van der Waals surface area contributed by atoms with Crippen molar-refractivity contribution in [2.24, 2.45) is 0 Å². The maximum Gasteiger partial charge on any atom is 0.134 e. The number of nitrogens with zero attached hydrogens (tertiary/aromatic N) is 1. The third-order valence-electron chi connectivity index (χ3n) is 3.28. The van der Waals surface area contributed by atoms with Crippen molar-refractivity contribution in [3.63, 3.8) is 0 Å². The van der Waals surface area contributed by atoms with Gasteiger partial charge in [-0.2, -0.15) is 0 Å². The Kier molecular flexibility index (Phi) is 4.43. The predicted molar refractivity (Wildman–Crippen MR) is 78.9 cm³/mol. The summed E-state index contributed by atoms with van der Waals surface area (Å²) in [6.07, 6.45) is 0. The zero-order valence-electron chi connectivity index (χ0n) is 11.0. The molecule has 0 bridgehead atoms. The summed E-state index contributed by atoms with van der Waals surface area (Å²) in [6, 6.07) is 8.50. The number of likely N-dealkylation sites (N-methyl/N-ethyl adjacent to an activating group) is 2. The van der Waals surface area contributed by atoms with Gasteiger partial charge in [0.1, 0.15) is 11.3 Å². The molecule has 0 aliphatic carbocycles. The molecule has 4 heteroatoms. The van der Waals surface area contributed by atoms with Crippen molar-refractivity contribution in [2.75, 3.05) is 27.2 Å². The van der Waals surface area contributed by atoms with Crippen LogP contribution in [0.5, 0.6) is 0 Å². The fourth-order valence-corrected chi connectivity index (χ4v) is 2.32. The van der Waals surface area contributed by atoms with Crippen LogP contribution in [0, 0.1) is 0 Å². The Hall–Kier alpha value is -0.840. The summed E-state index contributed by atoms with van der Waals surface area (Å²) in [5, 5.41) is 4.31. The lowest BCUT2D eigenvalue weighted by molar-refractivity contribution is 0.236. The minimum absolute atomic E-state index is 0.282. The fourth-order valence-electron chi connectivity index (χ4n) is 1.94. The van der Waals surface area contributed by atoms with Gasteiger partial charge >= 0.3 is 0 Å². The van der Waals surface area contributed by atoms with E-state index in [9.17, 15) is 0 Å². The van der Waals surface area contributed by atoms with Crippen LogP contribution in [0.15, 0.2) is 33.2 Å². The van der Waals surface area contributed by atoms with Gasteiger partial charge in [-0.15, -0.1) is 0 Å². The summed E-state index contributed by atoms with van der Waals surface area (Å²) in [5.41, 5.74) is 0.946. The van der Waals surface area contributed by atoms with Gasteiger partial charge in [-0.25, -0.2) is 0 Å². The van der Waals surface area contributed by atoms with Gasteiger partial charge in [0.15, 0.2) is 0 Å². The average molecular weight is 311 g/mol. The first-order valence-electron chi connectivity index (χ1n) is 6.15. The first kappa shape index (κ1) is 13.6. The molecule has 2 aromatic rings. The second-order valence-corrected chi connectivity index (χ2v) is 5.51. The van der Waals surface area contributed by atoms with Crippen LogP contribution in [0.4, 0.5) is 0 Å². The highest BCUT2D eigenvalue weighted by molar-refractivity contribution is 9.10. The minimum atomic E-state index is 0.282. The van der Waals surface area contributed by atoms with Crippen molar-refractivity contribution < 1.29 is 4.42 Å². The van der Waals surface area contributed by atoms with Gasteiger partial charge in [-0.3, -0.25) is 4.90 Å². The Morgan fingerprint density at radius 3 is 2.89 bits per heavy atom. The monoisotopic (exact) mass is 310 g/mol. The van der Waals surface area contributed by atoms with E-state index in [1.165, 1.54) is 0 Å². The van der Waals surface area contributed by atoms with E-state index in [-0.39, 0.29) is 6.04 Å². The number of nitrogens with one attached hydrogen (secondary N) is 1. The Morgan fingerprint density at radius 2 is 2.17 bits per heavy atom. The van der Waals surface area contributed by atoms with Crippen LogP contribution >= 0.6 is 15.9 Å². The Balaban J connectivity index is 2.19. The number of rotatable bonds is 5. The lowest BCUT2D eigenvalue weighted by Crippen LogP contribution is -2.29. The van der Waals surface area contributed by atoms with E-state index in [1.54, 1.807) is 0 Å². The third kappa shape index (κ3) is 2.94. The normalized spacial score (nSPS) is 13.4. The number of halogens is 1. The predicted octanol–water partition coefficient (Wildman–Crippen LogP) is 3.41. The molecule has 0 aliphatic heterocycles. The second-order valence-electron chi connectivity index (χ2n) is 4.59. The Bertz CT molecular complexity index is 523. The standard InChI is InChI=1S/C14H19BrN2O/c1-10(17(3)7-6-16-2)14-9-11-8-12(15)4-5-13(11)18-14/h4-5,8-10,16H,6-7H2,1-3H3. The van der Waals surface area contributed by atoms with Crippen LogP contribution in [-0.4, -0.2) is 32.1 Å². The summed E-state index contributed by atoms with van der Waals surface area (Å²) in [6.45, 7) is 4.15. The van der Waals surface area contributed by atoms with Crippen LogP contribution in [0.1, 0.15) is 18.7 Å². The van der Waals surface area contributed by atoms with Gasteiger partial charge in [0.2, 0.25) is 0 Å². The molecule has 1 heterocycles. The van der Waals surface area contributed by atoms with E-state index >= 15 is 0 Å². The average Bonchev–Trinajstić information content (AvgIpc) is 2.77. The molecule has 0 spiro atoms. The van der Waals surface area contributed by atoms with Gasteiger partial charge < -0.3 is 9.73 Å². The van der Waals surface area contributed by atoms with Crippen molar-refractivity contribution in [3.8, 4) is 0 Å². The quantitative estimate of drug-likeness (QED) is 0.917. The second kappa shape index (κ2) is 5.87. The molecule has 0 amide bonds. The molecule has 1 aromatic heterocycles. The molecule has 0 fully saturated rings. The van der Waals surface area contributed by atoms with Crippen molar-refractivity contribution in [2.45, 2.75) is 13.0 Å². The first-order chi connectivity index (χ1) is 8.61. The van der Waals surface area contributed by atoms with E-state index in [4.69, 9.17) is 4.42 Å². The zero-order chi connectivity index (χ0) is 13.1. The highest BCUT2D eigenvalue weighted by Gasteiger charge is 2.15. The number of hydrogen-bond donors (Lipinski definition) is 1. The van der Waals surface area contributed by atoms with E-state index < -0.39 is 0 Å².